The van der Waals surface area contributed by atoms with Gasteiger partial charge in [0.2, 0.25) is 11.8 Å². The van der Waals surface area contributed by atoms with Crippen molar-refractivity contribution < 1.29 is 18.8 Å². The smallest absolute Gasteiger partial charge is 0.254 e. The van der Waals surface area contributed by atoms with Gasteiger partial charge in [0.05, 0.1) is 16.3 Å². The van der Waals surface area contributed by atoms with E-state index in [1.807, 2.05) is 0 Å². The van der Waals surface area contributed by atoms with Gasteiger partial charge in [0.1, 0.15) is 11.9 Å². The van der Waals surface area contributed by atoms with Crippen LogP contribution in [-0.4, -0.2) is 23.8 Å². The molecule has 3 amide bonds. The first kappa shape index (κ1) is 17.9. The second kappa shape index (κ2) is 7.53. The normalized spacial score (nSPS) is 16.2. The van der Waals surface area contributed by atoms with Gasteiger partial charge in [0.15, 0.2) is 0 Å². The van der Waals surface area contributed by atoms with Crippen molar-refractivity contribution in [2.75, 3.05) is 10.6 Å². The Morgan fingerprint density at radius 3 is 2.73 bits per heavy atom. The molecule has 3 rings (SSSR count). The van der Waals surface area contributed by atoms with Crippen LogP contribution in [0.15, 0.2) is 42.5 Å². The summed E-state index contributed by atoms with van der Waals surface area (Å²) in [7, 11) is 0. The minimum Gasteiger partial charge on any atom is -0.340 e. The zero-order valence-corrected chi connectivity index (χ0v) is 14.3. The number of rotatable bonds is 4. The summed E-state index contributed by atoms with van der Waals surface area (Å²) in [5, 5.41) is 7.77. The molecule has 0 aromatic heterocycles. The highest BCUT2D eigenvalue weighted by Gasteiger charge is 2.27. The van der Waals surface area contributed by atoms with Crippen LogP contribution < -0.4 is 16.0 Å². The van der Waals surface area contributed by atoms with E-state index in [1.165, 1.54) is 12.1 Å². The molecule has 0 fully saturated rings. The molecule has 134 valence electrons. The van der Waals surface area contributed by atoms with Crippen LogP contribution in [0.2, 0.25) is 5.02 Å². The lowest BCUT2D eigenvalue weighted by Crippen LogP contribution is -2.41. The predicted octanol–water partition coefficient (Wildman–Crippen LogP) is 2.95. The average Bonchev–Trinajstić information content (AvgIpc) is 2.73. The van der Waals surface area contributed by atoms with Gasteiger partial charge in [-0.05, 0) is 36.8 Å². The number of amides is 3. The molecule has 8 heteroatoms. The highest BCUT2D eigenvalue weighted by Crippen LogP contribution is 2.21. The van der Waals surface area contributed by atoms with Gasteiger partial charge in [-0.2, -0.15) is 0 Å². The number of hydrogen-bond acceptors (Lipinski definition) is 3. The number of benzene rings is 2. The Bertz CT molecular complexity index is 888. The molecule has 0 radical (unpaired) electrons. The first-order valence-electron chi connectivity index (χ1n) is 7.89. The summed E-state index contributed by atoms with van der Waals surface area (Å²) in [6, 6.07) is 9.66. The molecule has 0 saturated heterocycles. The molecule has 0 spiro atoms. The van der Waals surface area contributed by atoms with Gasteiger partial charge in [-0.15, -0.1) is 0 Å². The summed E-state index contributed by atoms with van der Waals surface area (Å²) in [5.74, 6) is -1.73. The fourth-order valence-electron chi connectivity index (χ4n) is 2.59. The van der Waals surface area contributed by atoms with Gasteiger partial charge in [-0.25, -0.2) is 4.39 Å². The lowest BCUT2D eigenvalue weighted by molar-refractivity contribution is -0.118. The van der Waals surface area contributed by atoms with Gasteiger partial charge in [-0.3, -0.25) is 14.4 Å². The number of fused-ring (bicyclic) bond motifs is 1. The summed E-state index contributed by atoms with van der Waals surface area (Å²) in [4.78, 5) is 36.5. The Balaban J connectivity index is 1.60. The van der Waals surface area contributed by atoms with Crippen molar-refractivity contribution in [1.82, 2.24) is 5.32 Å². The third-order valence-electron chi connectivity index (χ3n) is 3.91. The van der Waals surface area contributed by atoms with Gasteiger partial charge in [0.25, 0.3) is 5.91 Å². The Labute approximate surface area is 153 Å². The molecule has 1 heterocycles. The lowest BCUT2D eigenvalue weighted by Gasteiger charge is -2.14. The summed E-state index contributed by atoms with van der Waals surface area (Å²) >= 11 is 5.67. The molecule has 3 N–H and O–H groups in total. The van der Waals surface area contributed by atoms with Crippen molar-refractivity contribution in [2.45, 2.75) is 18.9 Å². The molecule has 1 atom stereocenters. The number of nitrogens with one attached hydrogen (secondary N) is 3. The molecule has 1 aliphatic rings. The van der Waals surface area contributed by atoms with E-state index in [0.717, 1.165) is 6.07 Å². The van der Waals surface area contributed by atoms with Crippen LogP contribution in [-0.2, 0) is 9.59 Å². The number of anilines is 2. The van der Waals surface area contributed by atoms with Crippen LogP contribution in [0.4, 0.5) is 15.8 Å². The van der Waals surface area contributed by atoms with Crippen LogP contribution in [0, 0.1) is 5.82 Å². The van der Waals surface area contributed by atoms with Crippen LogP contribution in [0.25, 0.3) is 0 Å². The van der Waals surface area contributed by atoms with Crippen molar-refractivity contribution in [3.63, 3.8) is 0 Å². The zero-order chi connectivity index (χ0) is 18.7. The summed E-state index contributed by atoms with van der Waals surface area (Å²) in [6.45, 7) is 0. The van der Waals surface area contributed by atoms with E-state index in [4.69, 9.17) is 11.6 Å². The fraction of sp³-hybridized carbons (Fsp3) is 0.167. The highest BCUT2D eigenvalue weighted by atomic mass is 35.5. The maximum Gasteiger partial charge on any atom is 0.254 e. The van der Waals surface area contributed by atoms with Gasteiger partial charge >= 0.3 is 0 Å². The standard InChI is InChI=1S/C18H15ClFN3O3/c19-12-9-10(5-6-13(12)20)21-16(24)8-7-15-18(26)22-14-4-2-1-3-11(14)17(25)23-15/h1-6,9,15H,7-8H2,(H,21,24)(H,22,26)(H,23,25). The first-order valence-corrected chi connectivity index (χ1v) is 8.27. The number of carbonyl (C=O) groups is 3. The number of carbonyl (C=O) groups excluding carboxylic acids is 3. The molecule has 0 aliphatic carbocycles. The molecule has 0 bridgehead atoms. The molecule has 2 aromatic rings. The molecule has 26 heavy (non-hydrogen) atoms. The average molecular weight is 376 g/mol. The zero-order valence-electron chi connectivity index (χ0n) is 13.5. The van der Waals surface area contributed by atoms with E-state index in [0.29, 0.717) is 16.9 Å². The molecule has 6 nitrogen and oxygen atoms in total. The SMILES string of the molecule is O=C(CCC1NC(=O)c2ccccc2NC1=O)Nc1ccc(F)c(Cl)c1. The Morgan fingerprint density at radius 2 is 1.96 bits per heavy atom. The first-order chi connectivity index (χ1) is 12.4. The van der Waals surface area contributed by atoms with E-state index < -0.39 is 11.9 Å². The van der Waals surface area contributed by atoms with Gasteiger partial charge < -0.3 is 16.0 Å². The topological polar surface area (TPSA) is 87.3 Å². The van der Waals surface area contributed by atoms with E-state index in [2.05, 4.69) is 16.0 Å². The summed E-state index contributed by atoms with van der Waals surface area (Å²) < 4.78 is 13.1. The Morgan fingerprint density at radius 1 is 1.19 bits per heavy atom. The van der Waals surface area contributed by atoms with Crippen molar-refractivity contribution >= 4 is 40.7 Å². The van der Waals surface area contributed by atoms with Crippen molar-refractivity contribution in [3.05, 3.63) is 58.9 Å². The second-order valence-corrected chi connectivity index (χ2v) is 6.18. The van der Waals surface area contributed by atoms with Gasteiger partial charge in [0, 0.05) is 12.1 Å². The van der Waals surface area contributed by atoms with Crippen molar-refractivity contribution in [1.29, 1.82) is 0 Å². The molecule has 0 saturated carbocycles. The third kappa shape index (κ3) is 4.00. The van der Waals surface area contributed by atoms with Crippen LogP contribution in [0.3, 0.4) is 0 Å². The minimum absolute atomic E-state index is 0.0102. The predicted molar refractivity (Wildman–Crippen MR) is 95.6 cm³/mol. The van der Waals surface area contributed by atoms with Gasteiger partial charge in [-0.1, -0.05) is 23.7 Å². The van der Waals surface area contributed by atoms with Crippen LogP contribution >= 0.6 is 11.6 Å². The number of hydrogen-bond donors (Lipinski definition) is 3. The van der Waals surface area contributed by atoms with Crippen LogP contribution in [0.5, 0.6) is 0 Å². The molecular formula is C18H15ClFN3O3. The number of halogens is 2. The lowest BCUT2D eigenvalue weighted by atomic mass is 10.1. The molecule has 1 aliphatic heterocycles. The van der Waals surface area contributed by atoms with Crippen LogP contribution in [0.1, 0.15) is 23.2 Å². The third-order valence-corrected chi connectivity index (χ3v) is 4.20. The quantitative estimate of drug-likeness (QED) is 0.767. The number of para-hydroxylation sites is 1. The maximum absolute atomic E-state index is 13.1. The summed E-state index contributed by atoms with van der Waals surface area (Å²) in [6.07, 6.45) is 0.107. The maximum atomic E-state index is 13.1. The van der Waals surface area contributed by atoms with E-state index in [9.17, 15) is 18.8 Å². The minimum atomic E-state index is -0.836. The van der Waals surface area contributed by atoms with Crippen molar-refractivity contribution in [3.8, 4) is 0 Å². The van der Waals surface area contributed by atoms with E-state index in [-0.39, 0.29) is 35.6 Å². The Hall–Kier alpha value is -2.93. The molecular weight excluding hydrogens is 361 g/mol. The Kier molecular flexibility index (Phi) is 5.18. The molecule has 2 aromatic carbocycles. The largest absolute Gasteiger partial charge is 0.340 e. The van der Waals surface area contributed by atoms with E-state index in [1.54, 1.807) is 24.3 Å². The van der Waals surface area contributed by atoms with Crippen molar-refractivity contribution in [2.24, 2.45) is 0 Å². The monoisotopic (exact) mass is 375 g/mol. The highest BCUT2D eigenvalue weighted by molar-refractivity contribution is 6.31. The fourth-order valence-corrected chi connectivity index (χ4v) is 2.77. The van der Waals surface area contributed by atoms with E-state index >= 15 is 0 Å². The molecule has 1 unspecified atom stereocenters. The second-order valence-electron chi connectivity index (χ2n) is 5.78. The summed E-state index contributed by atoms with van der Waals surface area (Å²) in [5.41, 5.74) is 1.15.